The van der Waals surface area contributed by atoms with Gasteiger partial charge < -0.3 is 9.47 Å². The Kier molecular flexibility index (Phi) is 5.02. The molecule has 3 heteroatoms. The summed E-state index contributed by atoms with van der Waals surface area (Å²) in [4.78, 5) is 0. The highest BCUT2D eigenvalue weighted by Crippen LogP contribution is 2.28. The minimum Gasteiger partial charge on any atom is -0.493 e. The standard InChI is InChI=1S/C15H17BrO2/c1-17-7-4-8-18-15-10-12(11-16)9-13-5-2-3-6-14(13)15/h2-3,5-6,9-10H,4,7-8,11H2,1H3. The molecule has 0 N–H and O–H groups in total. The van der Waals surface area contributed by atoms with Crippen LogP contribution in [0.5, 0.6) is 5.75 Å². The fraction of sp³-hybridized carbons (Fsp3) is 0.333. The normalized spacial score (nSPS) is 10.8. The Morgan fingerprint density at radius 1 is 1.11 bits per heavy atom. The van der Waals surface area contributed by atoms with E-state index < -0.39 is 0 Å². The lowest BCUT2D eigenvalue weighted by molar-refractivity contribution is 0.172. The van der Waals surface area contributed by atoms with Crippen LogP contribution in [0.25, 0.3) is 10.8 Å². The van der Waals surface area contributed by atoms with Crippen molar-refractivity contribution in [2.75, 3.05) is 20.3 Å². The Morgan fingerprint density at radius 2 is 1.94 bits per heavy atom. The second kappa shape index (κ2) is 6.76. The lowest BCUT2D eigenvalue weighted by Crippen LogP contribution is -2.02. The van der Waals surface area contributed by atoms with Gasteiger partial charge in [-0.3, -0.25) is 0 Å². The van der Waals surface area contributed by atoms with Crippen LogP contribution < -0.4 is 4.74 Å². The molecule has 0 aliphatic carbocycles. The van der Waals surface area contributed by atoms with Gasteiger partial charge in [-0.05, 0) is 17.0 Å². The number of benzene rings is 2. The molecule has 0 aliphatic heterocycles. The molecule has 18 heavy (non-hydrogen) atoms. The third kappa shape index (κ3) is 3.24. The van der Waals surface area contributed by atoms with Gasteiger partial charge in [0.05, 0.1) is 6.61 Å². The van der Waals surface area contributed by atoms with Crippen molar-refractivity contribution in [3.63, 3.8) is 0 Å². The molecule has 0 fully saturated rings. The molecule has 0 bridgehead atoms. The van der Waals surface area contributed by atoms with Crippen LogP contribution in [0.1, 0.15) is 12.0 Å². The van der Waals surface area contributed by atoms with Crippen molar-refractivity contribution in [3.8, 4) is 5.75 Å². The van der Waals surface area contributed by atoms with Gasteiger partial charge in [-0.2, -0.15) is 0 Å². The SMILES string of the molecule is COCCCOc1cc(CBr)cc2ccccc12. The van der Waals surface area contributed by atoms with Crippen molar-refractivity contribution in [2.24, 2.45) is 0 Å². The summed E-state index contributed by atoms with van der Waals surface area (Å²) < 4.78 is 10.9. The van der Waals surface area contributed by atoms with Crippen molar-refractivity contribution in [2.45, 2.75) is 11.8 Å². The molecule has 2 aromatic carbocycles. The summed E-state index contributed by atoms with van der Waals surface area (Å²) in [6.07, 6.45) is 0.906. The van der Waals surface area contributed by atoms with Crippen LogP contribution in [-0.4, -0.2) is 20.3 Å². The summed E-state index contributed by atoms with van der Waals surface area (Å²) in [6, 6.07) is 12.6. The predicted octanol–water partition coefficient (Wildman–Crippen LogP) is 4.15. The predicted molar refractivity (Wildman–Crippen MR) is 78.6 cm³/mol. The molecule has 0 spiro atoms. The number of hydrogen-bond acceptors (Lipinski definition) is 2. The molecule has 0 aliphatic rings. The first kappa shape index (κ1) is 13.4. The van der Waals surface area contributed by atoms with Gasteiger partial charge in [0, 0.05) is 30.9 Å². The van der Waals surface area contributed by atoms with E-state index in [1.54, 1.807) is 7.11 Å². The lowest BCUT2D eigenvalue weighted by Gasteiger charge is -2.11. The van der Waals surface area contributed by atoms with Crippen LogP contribution in [0.2, 0.25) is 0 Å². The number of fused-ring (bicyclic) bond motifs is 1. The summed E-state index contributed by atoms with van der Waals surface area (Å²) in [7, 11) is 1.71. The highest BCUT2D eigenvalue weighted by molar-refractivity contribution is 9.08. The third-order valence-corrected chi connectivity index (χ3v) is 3.44. The molecular weight excluding hydrogens is 292 g/mol. The van der Waals surface area contributed by atoms with Gasteiger partial charge in [0.25, 0.3) is 0 Å². The second-order valence-corrected chi connectivity index (χ2v) is 4.70. The van der Waals surface area contributed by atoms with Crippen LogP contribution in [0.3, 0.4) is 0 Å². The van der Waals surface area contributed by atoms with Crippen LogP contribution in [0.15, 0.2) is 36.4 Å². The average molecular weight is 309 g/mol. The Morgan fingerprint density at radius 3 is 2.72 bits per heavy atom. The molecule has 0 atom stereocenters. The van der Waals surface area contributed by atoms with Crippen LogP contribution in [-0.2, 0) is 10.1 Å². The maximum atomic E-state index is 5.86. The number of hydrogen-bond donors (Lipinski definition) is 0. The van der Waals surface area contributed by atoms with Gasteiger partial charge in [-0.1, -0.05) is 46.3 Å². The average Bonchev–Trinajstić information content (AvgIpc) is 2.43. The van der Waals surface area contributed by atoms with E-state index in [0.717, 1.165) is 24.1 Å². The van der Waals surface area contributed by atoms with Crippen LogP contribution >= 0.6 is 15.9 Å². The van der Waals surface area contributed by atoms with Crippen LogP contribution in [0.4, 0.5) is 0 Å². The maximum Gasteiger partial charge on any atom is 0.127 e. The van der Waals surface area contributed by atoms with E-state index in [4.69, 9.17) is 9.47 Å². The molecule has 0 saturated carbocycles. The number of halogens is 1. The topological polar surface area (TPSA) is 18.5 Å². The van der Waals surface area contributed by atoms with E-state index in [-0.39, 0.29) is 0 Å². The van der Waals surface area contributed by atoms with Crippen molar-refractivity contribution in [3.05, 3.63) is 42.0 Å². The zero-order chi connectivity index (χ0) is 12.8. The van der Waals surface area contributed by atoms with Crippen molar-refractivity contribution in [1.82, 2.24) is 0 Å². The van der Waals surface area contributed by atoms with E-state index in [9.17, 15) is 0 Å². The summed E-state index contributed by atoms with van der Waals surface area (Å²) in [5.74, 6) is 0.957. The molecule has 0 aromatic heterocycles. The Bertz CT molecular complexity index is 511. The molecule has 96 valence electrons. The zero-order valence-electron chi connectivity index (χ0n) is 10.5. The Balaban J connectivity index is 2.23. The van der Waals surface area contributed by atoms with Crippen molar-refractivity contribution < 1.29 is 9.47 Å². The molecule has 0 heterocycles. The smallest absolute Gasteiger partial charge is 0.127 e. The van der Waals surface area contributed by atoms with Gasteiger partial charge >= 0.3 is 0 Å². The monoisotopic (exact) mass is 308 g/mol. The minimum atomic E-state index is 0.684. The van der Waals surface area contributed by atoms with Gasteiger partial charge in [-0.25, -0.2) is 0 Å². The summed E-state index contributed by atoms with van der Waals surface area (Å²) in [5.41, 5.74) is 1.23. The first-order chi connectivity index (χ1) is 8.85. The van der Waals surface area contributed by atoms with Gasteiger partial charge in [0.2, 0.25) is 0 Å². The van der Waals surface area contributed by atoms with E-state index >= 15 is 0 Å². The number of ether oxygens (including phenoxy) is 2. The van der Waals surface area contributed by atoms with E-state index in [1.807, 2.05) is 6.07 Å². The number of rotatable bonds is 6. The molecule has 0 unspecified atom stereocenters. The number of alkyl halides is 1. The van der Waals surface area contributed by atoms with E-state index in [1.165, 1.54) is 16.3 Å². The molecular formula is C15H17BrO2. The van der Waals surface area contributed by atoms with Crippen LogP contribution in [0, 0.1) is 0 Å². The first-order valence-electron chi connectivity index (χ1n) is 6.04. The fourth-order valence-corrected chi connectivity index (χ4v) is 2.24. The lowest BCUT2D eigenvalue weighted by atomic mass is 10.1. The van der Waals surface area contributed by atoms with Gasteiger partial charge in [0.15, 0.2) is 0 Å². The molecule has 2 aromatic rings. The number of methoxy groups -OCH3 is 1. The fourth-order valence-electron chi connectivity index (χ4n) is 1.92. The maximum absolute atomic E-state index is 5.86. The molecule has 0 amide bonds. The Labute approximate surface area is 116 Å². The van der Waals surface area contributed by atoms with Crippen molar-refractivity contribution >= 4 is 26.7 Å². The van der Waals surface area contributed by atoms with Gasteiger partial charge in [0.1, 0.15) is 5.75 Å². The quantitative estimate of drug-likeness (QED) is 0.589. The summed E-state index contributed by atoms with van der Waals surface area (Å²) in [6.45, 7) is 1.42. The largest absolute Gasteiger partial charge is 0.493 e. The van der Waals surface area contributed by atoms with Crippen molar-refractivity contribution in [1.29, 1.82) is 0 Å². The molecule has 0 radical (unpaired) electrons. The molecule has 2 rings (SSSR count). The first-order valence-corrected chi connectivity index (χ1v) is 7.16. The van der Waals surface area contributed by atoms with E-state index in [2.05, 4.69) is 46.3 Å². The molecule has 2 nitrogen and oxygen atoms in total. The van der Waals surface area contributed by atoms with Gasteiger partial charge in [-0.15, -0.1) is 0 Å². The highest BCUT2D eigenvalue weighted by atomic mass is 79.9. The summed E-state index contributed by atoms with van der Waals surface area (Å²) >= 11 is 3.49. The second-order valence-electron chi connectivity index (χ2n) is 4.14. The summed E-state index contributed by atoms with van der Waals surface area (Å²) in [5, 5.41) is 3.22. The minimum absolute atomic E-state index is 0.684. The zero-order valence-corrected chi connectivity index (χ0v) is 12.1. The third-order valence-electron chi connectivity index (χ3n) is 2.79. The molecule has 0 saturated heterocycles. The Hall–Kier alpha value is -1.06. The highest BCUT2D eigenvalue weighted by Gasteiger charge is 2.04. The van der Waals surface area contributed by atoms with E-state index in [0.29, 0.717) is 6.61 Å².